The molecule has 3 amide bonds. The van der Waals surface area contributed by atoms with Crippen molar-refractivity contribution in [2.45, 2.75) is 50.7 Å². The summed E-state index contributed by atoms with van der Waals surface area (Å²) < 4.78 is 46.8. The first-order valence-electron chi connectivity index (χ1n) is 13.7. The van der Waals surface area contributed by atoms with Crippen LogP contribution in [-0.2, 0) is 24.3 Å². The van der Waals surface area contributed by atoms with E-state index in [1.807, 2.05) is 19.1 Å². The molecule has 1 N–H and O–H groups in total. The van der Waals surface area contributed by atoms with Crippen molar-refractivity contribution >= 4 is 33.4 Å². The Balaban J connectivity index is 1.60. The molecule has 11 heteroatoms. The average Bonchev–Trinajstić information content (AvgIpc) is 3.53. The van der Waals surface area contributed by atoms with Crippen LogP contribution in [0.3, 0.4) is 0 Å². The topological polar surface area (TPSA) is 113 Å². The number of carbonyl (C=O) groups is 3. The second kappa shape index (κ2) is 11.7. The molecule has 2 atom stereocenters. The van der Waals surface area contributed by atoms with Crippen LogP contribution in [0.4, 0.5) is 10.1 Å². The van der Waals surface area contributed by atoms with Crippen LogP contribution in [0.15, 0.2) is 65.6 Å². The molecule has 0 unspecified atom stereocenters. The zero-order chi connectivity index (χ0) is 30.2. The predicted molar refractivity (Wildman–Crippen MR) is 154 cm³/mol. The maximum atomic E-state index is 14.3. The highest BCUT2D eigenvalue weighted by atomic mass is 32.2. The molecule has 2 aliphatic heterocycles. The third-order valence-corrected chi connectivity index (χ3v) is 9.34. The van der Waals surface area contributed by atoms with Crippen molar-refractivity contribution in [3.05, 3.63) is 94.3 Å². The van der Waals surface area contributed by atoms with Crippen molar-refractivity contribution < 1.29 is 31.9 Å². The molecule has 5 rings (SSSR count). The Bertz CT molecular complexity index is 1630. The number of rotatable bonds is 8. The van der Waals surface area contributed by atoms with Crippen molar-refractivity contribution in [1.82, 2.24) is 9.62 Å². The number of sulfonamides is 1. The number of anilines is 1. The van der Waals surface area contributed by atoms with Crippen LogP contribution in [0, 0.1) is 26.6 Å². The van der Waals surface area contributed by atoms with Crippen LogP contribution < -0.4 is 10.2 Å². The van der Waals surface area contributed by atoms with Gasteiger partial charge >= 0.3 is 0 Å². The fraction of sp³-hybridized carbons (Fsp3) is 0.323. The normalized spacial score (nSPS) is 18.0. The Morgan fingerprint density at radius 2 is 1.74 bits per heavy atom. The highest BCUT2D eigenvalue weighted by Crippen LogP contribution is 2.36. The van der Waals surface area contributed by atoms with E-state index in [0.29, 0.717) is 33.3 Å². The Hall–Kier alpha value is -4.09. The van der Waals surface area contributed by atoms with Crippen LogP contribution in [0.2, 0.25) is 0 Å². The van der Waals surface area contributed by atoms with E-state index in [9.17, 15) is 27.2 Å². The van der Waals surface area contributed by atoms with Gasteiger partial charge in [-0.05, 0) is 74.6 Å². The van der Waals surface area contributed by atoms with Crippen molar-refractivity contribution in [3.63, 3.8) is 0 Å². The number of benzene rings is 3. The maximum absolute atomic E-state index is 14.3. The molecule has 0 saturated carbocycles. The molecule has 0 aliphatic carbocycles. The largest absolute Gasteiger partial charge is 0.376 e. The molecule has 1 saturated heterocycles. The molecule has 0 bridgehead atoms. The summed E-state index contributed by atoms with van der Waals surface area (Å²) in [5.74, 6) is -2.69. The van der Waals surface area contributed by atoms with E-state index in [1.54, 1.807) is 19.9 Å². The molecule has 2 heterocycles. The fourth-order valence-corrected chi connectivity index (χ4v) is 7.23. The third kappa shape index (κ3) is 5.54. The molecule has 1 fully saturated rings. The van der Waals surface area contributed by atoms with Gasteiger partial charge in [-0.1, -0.05) is 42.0 Å². The Labute approximate surface area is 244 Å². The SMILES string of the molecule is Cc1cc(C)c(N(C(=O)CN2C(=O)c3ccccc3S2(=O)=O)[C@@H](C(=O)NC[C@H]2CCCO2)c2ccc(F)cc2)c(C)c1. The van der Waals surface area contributed by atoms with Gasteiger partial charge in [-0.2, -0.15) is 0 Å². The third-order valence-electron chi connectivity index (χ3n) is 7.56. The predicted octanol–water partition coefficient (Wildman–Crippen LogP) is 3.97. The monoisotopic (exact) mass is 593 g/mol. The summed E-state index contributed by atoms with van der Waals surface area (Å²) in [5.41, 5.74) is 2.94. The maximum Gasteiger partial charge on any atom is 0.269 e. The number of aryl methyl sites for hydroxylation is 3. The molecular weight excluding hydrogens is 561 g/mol. The molecule has 2 aliphatic rings. The first-order chi connectivity index (χ1) is 20.0. The molecule has 0 spiro atoms. The Morgan fingerprint density at radius 3 is 2.36 bits per heavy atom. The van der Waals surface area contributed by atoms with Gasteiger partial charge in [-0.25, -0.2) is 17.1 Å². The van der Waals surface area contributed by atoms with Gasteiger partial charge in [0.1, 0.15) is 23.3 Å². The summed E-state index contributed by atoms with van der Waals surface area (Å²) in [6.07, 6.45) is 1.46. The van der Waals surface area contributed by atoms with Crippen molar-refractivity contribution in [3.8, 4) is 0 Å². The number of amides is 3. The van der Waals surface area contributed by atoms with E-state index in [4.69, 9.17) is 4.74 Å². The van der Waals surface area contributed by atoms with E-state index >= 15 is 0 Å². The molecule has 9 nitrogen and oxygen atoms in total. The minimum Gasteiger partial charge on any atom is -0.376 e. The summed E-state index contributed by atoms with van der Waals surface area (Å²) in [7, 11) is -4.30. The quantitative estimate of drug-likeness (QED) is 0.423. The Kier molecular flexibility index (Phi) is 8.16. The summed E-state index contributed by atoms with van der Waals surface area (Å²) in [6.45, 7) is 5.44. The average molecular weight is 594 g/mol. The zero-order valence-corrected chi connectivity index (χ0v) is 24.4. The minimum absolute atomic E-state index is 0.0241. The van der Waals surface area contributed by atoms with Crippen molar-refractivity contribution in [2.24, 2.45) is 0 Å². The molecule has 0 radical (unpaired) electrons. The lowest BCUT2D eigenvalue weighted by Gasteiger charge is -2.35. The number of hydrogen-bond donors (Lipinski definition) is 1. The van der Waals surface area contributed by atoms with Crippen molar-refractivity contribution in [1.29, 1.82) is 0 Å². The van der Waals surface area contributed by atoms with Gasteiger partial charge in [-0.15, -0.1) is 0 Å². The first kappa shape index (κ1) is 29.4. The molecule has 3 aromatic rings. The Morgan fingerprint density at radius 1 is 1.07 bits per heavy atom. The lowest BCUT2D eigenvalue weighted by molar-refractivity contribution is -0.127. The van der Waals surface area contributed by atoms with E-state index in [0.717, 1.165) is 18.4 Å². The lowest BCUT2D eigenvalue weighted by atomic mass is 9.98. The molecule has 220 valence electrons. The van der Waals surface area contributed by atoms with Crippen LogP contribution in [0.25, 0.3) is 0 Å². The van der Waals surface area contributed by atoms with Crippen LogP contribution in [-0.4, -0.2) is 56.2 Å². The number of halogens is 1. The molecule has 0 aromatic heterocycles. The minimum atomic E-state index is -4.30. The van der Waals surface area contributed by atoms with Crippen LogP contribution in [0.1, 0.15) is 51.5 Å². The van der Waals surface area contributed by atoms with E-state index in [1.165, 1.54) is 47.4 Å². The standard InChI is InChI=1S/C31H32FN3O6S/c1-19-15-20(2)28(21(3)16-19)35(27(36)18-34-31(38)25-8-4-5-9-26(25)42(34,39)40)29(22-10-12-23(32)13-11-22)30(37)33-17-24-7-6-14-41-24/h4-5,8-13,15-16,24,29H,6-7,14,17-18H2,1-3H3,(H,33,37)/t24-,29-/m1/s1. The van der Waals surface area contributed by atoms with Gasteiger partial charge < -0.3 is 10.1 Å². The number of nitrogens with one attached hydrogen (secondary N) is 1. The van der Waals surface area contributed by atoms with Gasteiger partial charge in [0.15, 0.2) is 0 Å². The summed E-state index contributed by atoms with van der Waals surface area (Å²) >= 11 is 0. The van der Waals surface area contributed by atoms with Crippen molar-refractivity contribution in [2.75, 3.05) is 24.6 Å². The summed E-state index contributed by atoms with van der Waals surface area (Å²) in [6, 6.07) is 13.4. The van der Waals surface area contributed by atoms with Crippen LogP contribution >= 0.6 is 0 Å². The lowest BCUT2D eigenvalue weighted by Crippen LogP contribution is -2.49. The van der Waals surface area contributed by atoms with E-state index in [-0.39, 0.29) is 23.1 Å². The smallest absolute Gasteiger partial charge is 0.269 e. The molecule has 3 aromatic carbocycles. The second-order valence-electron chi connectivity index (χ2n) is 10.7. The second-order valence-corrected chi connectivity index (χ2v) is 12.5. The van der Waals surface area contributed by atoms with Gasteiger partial charge in [0, 0.05) is 13.2 Å². The number of hydrogen-bond acceptors (Lipinski definition) is 6. The number of fused-ring (bicyclic) bond motifs is 1. The number of ether oxygens (including phenoxy) is 1. The summed E-state index contributed by atoms with van der Waals surface area (Å²) in [4.78, 5) is 42.5. The van der Waals surface area contributed by atoms with Gasteiger partial charge in [0.05, 0.1) is 17.4 Å². The number of nitrogens with zero attached hydrogens (tertiary/aromatic N) is 2. The van der Waals surface area contributed by atoms with Crippen LogP contribution in [0.5, 0.6) is 0 Å². The van der Waals surface area contributed by atoms with Gasteiger partial charge in [0.25, 0.3) is 15.9 Å². The fourth-order valence-electron chi connectivity index (χ4n) is 5.72. The van der Waals surface area contributed by atoms with Gasteiger partial charge in [0.2, 0.25) is 11.8 Å². The highest BCUT2D eigenvalue weighted by molar-refractivity contribution is 7.90. The molecule has 42 heavy (non-hydrogen) atoms. The zero-order valence-electron chi connectivity index (χ0n) is 23.6. The van der Waals surface area contributed by atoms with E-state index in [2.05, 4.69) is 5.32 Å². The highest BCUT2D eigenvalue weighted by Gasteiger charge is 2.44. The van der Waals surface area contributed by atoms with E-state index < -0.39 is 46.1 Å². The molecular formula is C31H32FN3O6S. The number of carbonyl (C=O) groups excluding carboxylic acids is 3. The van der Waals surface area contributed by atoms with Gasteiger partial charge in [-0.3, -0.25) is 19.3 Å². The summed E-state index contributed by atoms with van der Waals surface area (Å²) in [5, 5.41) is 2.88. The first-order valence-corrected chi connectivity index (χ1v) is 15.1.